The lowest BCUT2D eigenvalue weighted by Gasteiger charge is -2.11. The molecule has 2 aromatic heterocycles. The van der Waals surface area contributed by atoms with Crippen LogP contribution in [0, 0.1) is 10.1 Å². The Morgan fingerprint density at radius 3 is 2.66 bits per heavy atom. The molecule has 0 aliphatic carbocycles. The lowest BCUT2D eigenvalue weighted by Crippen LogP contribution is -2.20. The number of aromatic nitrogens is 2. The van der Waals surface area contributed by atoms with E-state index in [2.05, 4.69) is 41.9 Å². The van der Waals surface area contributed by atoms with Crippen LogP contribution in [-0.2, 0) is 6.61 Å². The summed E-state index contributed by atoms with van der Waals surface area (Å²) in [6.07, 6.45) is 1.29. The summed E-state index contributed by atoms with van der Waals surface area (Å²) in [5.74, 6) is 0.901. The summed E-state index contributed by atoms with van der Waals surface area (Å²) < 4.78 is 20.0. The van der Waals surface area contributed by atoms with Crippen molar-refractivity contribution < 1.29 is 18.8 Å². The van der Waals surface area contributed by atoms with Crippen molar-refractivity contribution in [1.82, 2.24) is 9.66 Å². The van der Waals surface area contributed by atoms with Crippen molar-refractivity contribution in [3.8, 4) is 23.1 Å². The van der Waals surface area contributed by atoms with Crippen LogP contribution in [0.25, 0.3) is 33.5 Å². The highest BCUT2D eigenvalue weighted by Crippen LogP contribution is 2.37. The van der Waals surface area contributed by atoms with Crippen LogP contribution in [0.1, 0.15) is 11.1 Å². The normalized spacial score (nSPS) is 11.5. The maximum atomic E-state index is 13.6. The molecular formula is C31H19Br2ClN4O6. The lowest BCUT2D eigenvalue weighted by atomic mass is 10.2. The number of ether oxygens (including phenoxy) is 2. The molecule has 0 saturated heterocycles. The van der Waals surface area contributed by atoms with Crippen LogP contribution < -0.4 is 15.0 Å². The van der Waals surface area contributed by atoms with Crippen LogP contribution in [0.3, 0.4) is 0 Å². The Bertz CT molecular complexity index is 2180. The fourth-order valence-electron chi connectivity index (χ4n) is 4.58. The molecule has 6 rings (SSSR count). The lowest BCUT2D eigenvalue weighted by molar-refractivity contribution is -0.385. The monoisotopic (exact) mass is 736 g/mol. The standard InChI is InChI=1S/C31H19Br2ClN4O6/c1-42-26-7-4-8-27-21(26)14-28(44-27)30-36-24-6-3-2-5-20(24)31(39)37(30)35-15-17-11-23(34)29(25(12-17)38(40)41)43-16-18-9-10-19(32)13-22(18)33/h2-15H,16H2,1H3. The Kier molecular flexibility index (Phi) is 8.21. The van der Waals surface area contributed by atoms with Gasteiger partial charge in [0.05, 0.1) is 39.6 Å². The SMILES string of the molecule is COc1cccc2oc(-c3nc4ccccc4c(=O)n3N=Cc3cc(Cl)c(OCc4ccc(Br)cc4Br)c([N+](=O)[O-])c3)cc12. The zero-order valence-electron chi connectivity index (χ0n) is 22.7. The number of nitro benzene ring substituents is 1. The minimum absolute atomic E-state index is 0.00229. The maximum absolute atomic E-state index is 13.6. The molecule has 0 aliphatic rings. The number of nitro groups is 1. The highest BCUT2D eigenvalue weighted by Gasteiger charge is 2.22. The van der Waals surface area contributed by atoms with Gasteiger partial charge in [0.1, 0.15) is 17.9 Å². The number of rotatable bonds is 8. The third-order valence-electron chi connectivity index (χ3n) is 6.67. The smallest absolute Gasteiger partial charge is 0.313 e. The highest BCUT2D eigenvalue weighted by molar-refractivity contribution is 9.11. The van der Waals surface area contributed by atoms with Gasteiger partial charge in [-0.05, 0) is 48.5 Å². The number of nitrogens with zero attached hydrogens (tertiary/aromatic N) is 4. The summed E-state index contributed by atoms with van der Waals surface area (Å²) in [5, 5.41) is 17.4. The molecule has 0 bridgehead atoms. The molecule has 0 radical (unpaired) electrons. The third kappa shape index (κ3) is 5.71. The van der Waals surface area contributed by atoms with E-state index in [1.54, 1.807) is 55.6 Å². The average Bonchev–Trinajstić information content (AvgIpc) is 3.45. The molecule has 220 valence electrons. The Balaban J connectivity index is 1.42. The van der Waals surface area contributed by atoms with Crippen LogP contribution in [0.5, 0.6) is 11.5 Å². The van der Waals surface area contributed by atoms with Crippen molar-refractivity contribution in [2.45, 2.75) is 6.61 Å². The van der Waals surface area contributed by atoms with E-state index in [9.17, 15) is 14.9 Å². The van der Waals surface area contributed by atoms with Crippen molar-refractivity contribution in [2.75, 3.05) is 7.11 Å². The second-order valence-corrected chi connectivity index (χ2v) is 11.6. The van der Waals surface area contributed by atoms with Crippen LogP contribution in [-0.4, -0.2) is 27.9 Å². The molecule has 0 aliphatic heterocycles. The largest absolute Gasteiger partial charge is 0.496 e. The van der Waals surface area contributed by atoms with E-state index in [0.717, 1.165) is 19.2 Å². The number of fused-ring (bicyclic) bond motifs is 2. The Labute approximate surface area is 270 Å². The topological polar surface area (TPSA) is 122 Å². The Morgan fingerprint density at radius 1 is 1.07 bits per heavy atom. The first-order valence-electron chi connectivity index (χ1n) is 12.9. The summed E-state index contributed by atoms with van der Waals surface area (Å²) in [4.78, 5) is 29.7. The number of halogens is 3. The van der Waals surface area contributed by atoms with Gasteiger partial charge in [-0.15, -0.1) is 0 Å². The molecule has 0 N–H and O–H groups in total. The molecule has 0 unspecified atom stereocenters. The predicted octanol–water partition coefficient (Wildman–Crippen LogP) is 8.37. The van der Waals surface area contributed by atoms with E-state index in [1.165, 1.54) is 18.3 Å². The summed E-state index contributed by atoms with van der Waals surface area (Å²) in [7, 11) is 1.55. The first-order chi connectivity index (χ1) is 21.2. The molecular weight excluding hydrogens is 720 g/mol. The summed E-state index contributed by atoms with van der Waals surface area (Å²) in [5.41, 5.74) is 1.18. The second kappa shape index (κ2) is 12.2. The van der Waals surface area contributed by atoms with Crippen molar-refractivity contribution in [2.24, 2.45) is 5.10 Å². The van der Waals surface area contributed by atoms with Gasteiger partial charge in [-0.3, -0.25) is 14.9 Å². The van der Waals surface area contributed by atoms with Crippen LogP contribution in [0.4, 0.5) is 5.69 Å². The van der Waals surface area contributed by atoms with Gasteiger partial charge in [-0.25, -0.2) is 4.98 Å². The van der Waals surface area contributed by atoms with Gasteiger partial charge in [0.15, 0.2) is 5.76 Å². The zero-order valence-corrected chi connectivity index (χ0v) is 26.6. The minimum atomic E-state index is -0.591. The van der Waals surface area contributed by atoms with E-state index in [4.69, 9.17) is 25.5 Å². The predicted molar refractivity (Wildman–Crippen MR) is 175 cm³/mol. The first kappa shape index (κ1) is 29.5. The number of para-hydroxylation sites is 1. The minimum Gasteiger partial charge on any atom is -0.496 e. The Morgan fingerprint density at radius 2 is 1.89 bits per heavy atom. The highest BCUT2D eigenvalue weighted by atomic mass is 79.9. The van der Waals surface area contributed by atoms with Crippen molar-refractivity contribution in [3.05, 3.63) is 124 Å². The van der Waals surface area contributed by atoms with Gasteiger partial charge >= 0.3 is 5.69 Å². The van der Waals surface area contributed by atoms with Crippen LogP contribution >= 0.6 is 43.5 Å². The molecule has 2 heterocycles. The van der Waals surface area contributed by atoms with Crippen molar-refractivity contribution >= 4 is 77.2 Å². The van der Waals surface area contributed by atoms with E-state index in [1.807, 2.05) is 18.2 Å². The van der Waals surface area contributed by atoms with Gasteiger partial charge in [-0.2, -0.15) is 9.78 Å². The number of furan rings is 1. The van der Waals surface area contributed by atoms with Crippen molar-refractivity contribution in [1.29, 1.82) is 0 Å². The molecule has 6 aromatic rings. The van der Waals surface area contributed by atoms with Gasteiger partial charge in [0.2, 0.25) is 11.6 Å². The summed E-state index contributed by atoms with van der Waals surface area (Å²) in [6, 6.07) is 22.1. The first-order valence-corrected chi connectivity index (χ1v) is 14.9. The second-order valence-electron chi connectivity index (χ2n) is 9.43. The fraction of sp³-hybridized carbons (Fsp3) is 0.0645. The number of hydrogen-bond donors (Lipinski definition) is 0. The van der Waals surface area contributed by atoms with Crippen LogP contribution in [0.2, 0.25) is 5.02 Å². The molecule has 0 spiro atoms. The molecule has 44 heavy (non-hydrogen) atoms. The van der Waals surface area contributed by atoms with Crippen LogP contribution in [0.15, 0.2) is 102 Å². The summed E-state index contributed by atoms with van der Waals surface area (Å²) in [6.45, 7) is 0.0334. The third-order valence-corrected chi connectivity index (χ3v) is 8.18. The number of hydrogen-bond acceptors (Lipinski definition) is 8. The Hall–Kier alpha value is -4.52. The van der Waals surface area contributed by atoms with E-state index in [-0.39, 0.29) is 40.2 Å². The summed E-state index contributed by atoms with van der Waals surface area (Å²) >= 11 is 13.3. The van der Waals surface area contributed by atoms with E-state index < -0.39 is 10.5 Å². The maximum Gasteiger partial charge on any atom is 0.313 e. The quantitative estimate of drug-likeness (QED) is 0.0874. The molecule has 10 nitrogen and oxygen atoms in total. The zero-order chi connectivity index (χ0) is 31.0. The average molecular weight is 739 g/mol. The van der Waals surface area contributed by atoms with E-state index in [0.29, 0.717) is 27.6 Å². The molecule has 0 fully saturated rings. The van der Waals surface area contributed by atoms with Crippen molar-refractivity contribution in [3.63, 3.8) is 0 Å². The van der Waals surface area contributed by atoms with Gasteiger partial charge in [0, 0.05) is 26.1 Å². The van der Waals surface area contributed by atoms with Gasteiger partial charge in [-0.1, -0.05) is 67.7 Å². The molecule has 4 aromatic carbocycles. The molecule has 0 saturated carbocycles. The molecule has 0 amide bonds. The molecule has 13 heteroatoms. The molecule has 0 atom stereocenters. The van der Waals surface area contributed by atoms with Gasteiger partial charge < -0.3 is 13.9 Å². The number of methoxy groups -OCH3 is 1. The number of benzene rings is 4. The van der Waals surface area contributed by atoms with Gasteiger partial charge in [0.25, 0.3) is 5.56 Å². The van der Waals surface area contributed by atoms with E-state index >= 15 is 0 Å². The fourth-order valence-corrected chi connectivity index (χ4v) is 6.02.